The van der Waals surface area contributed by atoms with Crippen molar-refractivity contribution in [1.82, 2.24) is 15.1 Å². The summed E-state index contributed by atoms with van der Waals surface area (Å²) in [7, 11) is 0. The van der Waals surface area contributed by atoms with Crippen LogP contribution >= 0.6 is 0 Å². The van der Waals surface area contributed by atoms with Crippen LogP contribution in [0.3, 0.4) is 0 Å². The van der Waals surface area contributed by atoms with E-state index in [1.807, 2.05) is 13.0 Å². The molecule has 1 aliphatic rings. The van der Waals surface area contributed by atoms with Crippen molar-refractivity contribution in [2.75, 3.05) is 18.4 Å². The number of nitrogens with zero attached hydrogens (tertiary/aromatic N) is 3. The first-order chi connectivity index (χ1) is 7.15. The average Bonchev–Trinajstić information content (AvgIpc) is 2.10. The number of likely N-dealkylation sites (tertiary alicyclic amines) is 1. The Balaban J connectivity index is 1.87. The van der Waals surface area contributed by atoms with Crippen molar-refractivity contribution in [2.45, 2.75) is 19.9 Å². The molecule has 0 spiro atoms. The third-order valence-electron chi connectivity index (χ3n) is 2.47. The molecular formula is C10H14N4O. The van der Waals surface area contributed by atoms with E-state index < -0.39 is 0 Å². The van der Waals surface area contributed by atoms with Gasteiger partial charge in [-0.05, 0) is 18.6 Å². The summed E-state index contributed by atoms with van der Waals surface area (Å²) in [6, 6.07) is 2.26. The molecule has 2 rings (SSSR count). The zero-order valence-electron chi connectivity index (χ0n) is 8.90. The Hall–Kier alpha value is -1.65. The first-order valence-corrected chi connectivity index (χ1v) is 4.96. The summed E-state index contributed by atoms with van der Waals surface area (Å²) in [5.74, 6) is 0.909. The van der Waals surface area contributed by atoms with Crippen molar-refractivity contribution in [3.63, 3.8) is 0 Å². The number of aromatic nitrogens is 2. The molecule has 2 heterocycles. The normalized spacial score (nSPS) is 16.0. The smallest absolute Gasteiger partial charge is 0.219 e. The van der Waals surface area contributed by atoms with Crippen LogP contribution < -0.4 is 5.32 Å². The van der Waals surface area contributed by atoms with Gasteiger partial charge < -0.3 is 10.2 Å². The third kappa shape index (κ3) is 2.23. The van der Waals surface area contributed by atoms with Gasteiger partial charge in [-0.1, -0.05) is 0 Å². The minimum atomic E-state index is 0.128. The summed E-state index contributed by atoms with van der Waals surface area (Å²) in [6.07, 6.45) is 1.72. The summed E-state index contributed by atoms with van der Waals surface area (Å²) >= 11 is 0. The fraction of sp³-hybridized carbons (Fsp3) is 0.500. The molecule has 1 aromatic rings. The SMILES string of the molecule is CC(=O)N1CC(Nc2cc(C)cnn2)C1. The Morgan fingerprint density at radius 3 is 2.93 bits per heavy atom. The Labute approximate surface area is 88.5 Å². The lowest BCUT2D eigenvalue weighted by molar-refractivity contribution is -0.132. The molecule has 0 bridgehead atoms. The number of aryl methyl sites for hydroxylation is 1. The van der Waals surface area contributed by atoms with Gasteiger partial charge in [-0.3, -0.25) is 4.79 Å². The fourth-order valence-corrected chi connectivity index (χ4v) is 1.57. The summed E-state index contributed by atoms with van der Waals surface area (Å²) in [5, 5.41) is 11.1. The number of carbonyl (C=O) groups excluding carboxylic acids is 1. The van der Waals surface area contributed by atoms with E-state index in [4.69, 9.17) is 0 Å². The van der Waals surface area contributed by atoms with E-state index in [9.17, 15) is 4.79 Å². The van der Waals surface area contributed by atoms with Crippen LogP contribution in [0.15, 0.2) is 12.3 Å². The van der Waals surface area contributed by atoms with Crippen LogP contribution in [-0.4, -0.2) is 40.1 Å². The van der Waals surface area contributed by atoms with Gasteiger partial charge in [0.1, 0.15) is 5.82 Å². The Morgan fingerprint density at radius 1 is 1.60 bits per heavy atom. The zero-order valence-corrected chi connectivity index (χ0v) is 8.90. The summed E-state index contributed by atoms with van der Waals surface area (Å²) in [4.78, 5) is 12.7. The van der Waals surface area contributed by atoms with E-state index in [1.54, 1.807) is 18.0 Å². The van der Waals surface area contributed by atoms with Crippen LogP contribution in [0.1, 0.15) is 12.5 Å². The molecule has 0 radical (unpaired) electrons. The molecule has 1 fully saturated rings. The molecule has 0 aliphatic carbocycles. The zero-order chi connectivity index (χ0) is 10.8. The molecule has 1 N–H and O–H groups in total. The molecule has 1 aromatic heterocycles. The topological polar surface area (TPSA) is 58.1 Å². The number of hydrogen-bond acceptors (Lipinski definition) is 4. The second-order valence-electron chi connectivity index (χ2n) is 3.88. The molecule has 1 aliphatic heterocycles. The van der Waals surface area contributed by atoms with Gasteiger partial charge in [-0.15, -0.1) is 5.10 Å². The van der Waals surface area contributed by atoms with E-state index in [1.165, 1.54) is 0 Å². The number of carbonyl (C=O) groups is 1. The van der Waals surface area contributed by atoms with Crippen LogP contribution in [0.2, 0.25) is 0 Å². The molecular weight excluding hydrogens is 192 g/mol. The predicted octanol–water partition coefficient (Wildman–Crippen LogP) is 0.428. The minimum absolute atomic E-state index is 0.128. The molecule has 1 amide bonds. The Morgan fingerprint density at radius 2 is 2.33 bits per heavy atom. The highest BCUT2D eigenvalue weighted by atomic mass is 16.2. The highest BCUT2D eigenvalue weighted by Gasteiger charge is 2.28. The summed E-state index contributed by atoms with van der Waals surface area (Å²) < 4.78 is 0. The monoisotopic (exact) mass is 206 g/mol. The van der Waals surface area contributed by atoms with Gasteiger partial charge in [0.15, 0.2) is 0 Å². The molecule has 0 atom stereocenters. The van der Waals surface area contributed by atoms with Crippen molar-refractivity contribution >= 4 is 11.7 Å². The second-order valence-corrected chi connectivity index (χ2v) is 3.88. The maximum atomic E-state index is 10.9. The molecule has 5 nitrogen and oxygen atoms in total. The van der Waals surface area contributed by atoms with Gasteiger partial charge >= 0.3 is 0 Å². The largest absolute Gasteiger partial charge is 0.362 e. The quantitative estimate of drug-likeness (QED) is 0.762. The van der Waals surface area contributed by atoms with E-state index in [-0.39, 0.29) is 5.91 Å². The number of rotatable bonds is 2. The lowest BCUT2D eigenvalue weighted by Gasteiger charge is -2.39. The molecule has 15 heavy (non-hydrogen) atoms. The van der Waals surface area contributed by atoms with Crippen molar-refractivity contribution in [2.24, 2.45) is 0 Å². The molecule has 5 heteroatoms. The van der Waals surface area contributed by atoms with E-state index in [2.05, 4.69) is 15.5 Å². The van der Waals surface area contributed by atoms with Gasteiger partial charge in [0.2, 0.25) is 5.91 Å². The number of amides is 1. The maximum Gasteiger partial charge on any atom is 0.219 e. The van der Waals surface area contributed by atoms with Crippen molar-refractivity contribution in [3.05, 3.63) is 17.8 Å². The first kappa shape index (κ1) is 9.89. The fourth-order valence-electron chi connectivity index (χ4n) is 1.57. The summed E-state index contributed by atoms with van der Waals surface area (Å²) in [6.45, 7) is 5.07. The lowest BCUT2D eigenvalue weighted by Crippen LogP contribution is -2.56. The standard InChI is InChI=1S/C10H14N4O/c1-7-3-10(13-11-4-7)12-9-5-14(6-9)8(2)15/h3-4,9H,5-6H2,1-2H3,(H,12,13). The number of anilines is 1. The Kier molecular flexibility index (Phi) is 2.53. The van der Waals surface area contributed by atoms with E-state index in [0.29, 0.717) is 6.04 Å². The molecule has 0 unspecified atom stereocenters. The van der Waals surface area contributed by atoms with Crippen LogP contribution in [-0.2, 0) is 4.79 Å². The molecule has 0 aromatic carbocycles. The van der Waals surface area contributed by atoms with E-state index >= 15 is 0 Å². The predicted molar refractivity (Wildman–Crippen MR) is 56.4 cm³/mol. The highest BCUT2D eigenvalue weighted by molar-refractivity contribution is 5.74. The van der Waals surface area contributed by atoms with Crippen LogP contribution in [0.5, 0.6) is 0 Å². The molecule has 1 saturated heterocycles. The Bertz CT molecular complexity index is 373. The van der Waals surface area contributed by atoms with Crippen LogP contribution in [0.4, 0.5) is 5.82 Å². The van der Waals surface area contributed by atoms with Gasteiger partial charge in [0.25, 0.3) is 0 Å². The van der Waals surface area contributed by atoms with Crippen LogP contribution in [0.25, 0.3) is 0 Å². The lowest BCUT2D eigenvalue weighted by atomic mass is 10.1. The van der Waals surface area contributed by atoms with Crippen LogP contribution in [0, 0.1) is 6.92 Å². The van der Waals surface area contributed by atoms with Gasteiger partial charge in [0.05, 0.1) is 12.2 Å². The van der Waals surface area contributed by atoms with Crippen molar-refractivity contribution < 1.29 is 4.79 Å². The first-order valence-electron chi connectivity index (χ1n) is 4.96. The number of hydrogen-bond donors (Lipinski definition) is 1. The van der Waals surface area contributed by atoms with Gasteiger partial charge in [-0.2, -0.15) is 5.10 Å². The third-order valence-corrected chi connectivity index (χ3v) is 2.47. The van der Waals surface area contributed by atoms with Crippen molar-refractivity contribution in [3.8, 4) is 0 Å². The molecule has 0 saturated carbocycles. The minimum Gasteiger partial charge on any atom is -0.362 e. The second kappa shape index (κ2) is 3.84. The number of nitrogens with one attached hydrogen (secondary N) is 1. The maximum absolute atomic E-state index is 10.9. The molecule has 80 valence electrons. The van der Waals surface area contributed by atoms with Gasteiger partial charge in [-0.25, -0.2) is 0 Å². The van der Waals surface area contributed by atoms with Crippen molar-refractivity contribution in [1.29, 1.82) is 0 Å². The summed E-state index contributed by atoms with van der Waals surface area (Å²) in [5.41, 5.74) is 1.08. The van der Waals surface area contributed by atoms with E-state index in [0.717, 1.165) is 24.5 Å². The average molecular weight is 206 g/mol. The van der Waals surface area contributed by atoms with Gasteiger partial charge in [0, 0.05) is 20.0 Å². The highest BCUT2D eigenvalue weighted by Crippen LogP contribution is 2.13.